The highest BCUT2D eigenvalue weighted by Gasteiger charge is 2.07. The van der Waals surface area contributed by atoms with E-state index >= 15 is 0 Å². The lowest BCUT2D eigenvalue weighted by Crippen LogP contribution is -2.12. The molecule has 0 saturated heterocycles. The maximum Gasteiger partial charge on any atom is 0.303 e. The van der Waals surface area contributed by atoms with Crippen molar-refractivity contribution >= 4 is 17.6 Å². The van der Waals surface area contributed by atoms with Crippen LogP contribution in [0.3, 0.4) is 0 Å². The normalized spacial score (nSPS) is 10.1. The van der Waals surface area contributed by atoms with Crippen molar-refractivity contribution in [1.29, 1.82) is 0 Å². The summed E-state index contributed by atoms with van der Waals surface area (Å²) in [5.74, 6) is -1.65. The maximum absolute atomic E-state index is 13.3. The third-order valence-electron chi connectivity index (χ3n) is 2.44. The van der Waals surface area contributed by atoms with Crippen LogP contribution in [0, 0.1) is 12.7 Å². The molecule has 0 radical (unpaired) electrons. The largest absolute Gasteiger partial charge is 0.481 e. The van der Waals surface area contributed by atoms with Gasteiger partial charge in [0.1, 0.15) is 5.82 Å². The van der Waals surface area contributed by atoms with Crippen LogP contribution in [0.15, 0.2) is 18.2 Å². The van der Waals surface area contributed by atoms with Gasteiger partial charge in [-0.15, -0.1) is 0 Å². The Labute approximate surface area is 105 Å². The minimum absolute atomic E-state index is 0.0477. The Bertz CT molecular complexity index is 446. The first-order chi connectivity index (χ1) is 8.49. The number of hydrogen-bond acceptors (Lipinski definition) is 2. The smallest absolute Gasteiger partial charge is 0.303 e. The van der Waals surface area contributed by atoms with Crippen LogP contribution >= 0.6 is 0 Å². The molecule has 0 atom stereocenters. The quantitative estimate of drug-likeness (QED) is 0.766. The molecular weight excluding hydrogens is 237 g/mol. The number of anilines is 1. The van der Waals surface area contributed by atoms with Gasteiger partial charge in [0.05, 0.1) is 5.69 Å². The van der Waals surface area contributed by atoms with Crippen LogP contribution < -0.4 is 5.32 Å². The predicted octanol–water partition coefficient (Wildman–Crippen LogP) is 2.72. The van der Waals surface area contributed by atoms with E-state index in [4.69, 9.17) is 5.11 Å². The number of unbranched alkanes of at least 4 members (excludes halogenated alkanes) is 1. The topological polar surface area (TPSA) is 66.4 Å². The Hall–Kier alpha value is -1.91. The lowest BCUT2D eigenvalue weighted by atomic mass is 10.1. The minimum atomic E-state index is -0.875. The second-order valence-corrected chi connectivity index (χ2v) is 4.13. The van der Waals surface area contributed by atoms with Crippen molar-refractivity contribution in [2.75, 3.05) is 5.32 Å². The molecule has 0 aromatic heterocycles. The van der Waals surface area contributed by atoms with Crippen LogP contribution in [0.25, 0.3) is 0 Å². The van der Waals surface area contributed by atoms with Gasteiger partial charge in [0.15, 0.2) is 0 Å². The summed E-state index contributed by atoms with van der Waals surface area (Å²) in [6, 6.07) is 4.48. The molecule has 1 amide bonds. The molecule has 2 N–H and O–H groups in total. The number of halogens is 1. The van der Waals surface area contributed by atoms with Gasteiger partial charge >= 0.3 is 5.97 Å². The van der Waals surface area contributed by atoms with Crippen molar-refractivity contribution in [2.24, 2.45) is 0 Å². The van der Waals surface area contributed by atoms with E-state index in [0.717, 1.165) is 5.56 Å². The Morgan fingerprint density at radius 1 is 1.28 bits per heavy atom. The fourth-order valence-electron chi connectivity index (χ4n) is 1.51. The molecule has 0 fully saturated rings. The van der Waals surface area contributed by atoms with E-state index in [2.05, 4.69) is 5.32 Å². The highest BCUT2D eigenvalue weighted by atomic mass is 19.1. The standard InChI is InChI=1S/C13H16FNO3/c1-9-6-7-10(14)11(8-9)15-12(16)4-2-3-5-13(17)18/h6-8H,2-5H2,1H3,(H,15,16)(H,17,18). The summed E-state index contributed by atoms with van der Waals surface area (Å²) in [5.41, 5.74) is 1.02. The number of aryl methyl sites for hydroxylation is 1. The van der Waals surface area contributed by atoms with Crippen molar-refractivity contribution in [3.63, 3.8) is 0 Å². The number of aliphatic carboxylic acids is 1. The number of nitrogens with one attached hydrogen (secondary N) is 1. The molecule has 0 unspecified atom stereocenters. The molecule has 0 spiro atoms. The van der Waals surface area contributed by atoms with Crippen molar-refractivity contribution in [3.8, 4) is 0 Å². The van der Waals surface area contributed by atoms with Gasteiger partial charge in [0, 0.05) is 12.8 Å². The third kappa shape index (κ3) is 4.95. The van der Waals surface area contributed by atoms with Gasteiger partial charge in [0.25, 0.3) is 0 Å². The molecule has 1 aromatic carbocycles. The zero-order chi connectivity index (χ0) is 13.5. The van der Waals surface area contributed by atoms with E-state index in [9.17, 15) is 14.0 Å². The van der Waals surface area contributed by atoms with Crippen molar-refractivity contribution < 1.29 is 19.1 Å². The molecule has 0 heterocycles. The number of rotatable bonds is 6. The van der Waals surface area contributed by atoms with E-state index in [1.54, 1.807) is 12.1 Å². The van der Waals surface area contributed by atoms with Gasteiger partial charge in [-0.05, 0) is 37.5 Å². The van der Waals surface area contributed by atoms with Crippen molar-refractivity contribution in [3.05, 3.63) is 29.6 Å². The zero-order valence-electron chi connectivity index (χ0n) is 10.2. The number of amides is 1. The third-order valence-corrected chi connectivity index (χ3v) is 2.44. The maximum atomic E-state index is 13.3. The SMILES string of the molecule is Cc1ccc(F)c(NC(=O)CCCCC(=O)O)c1. The lowest BCUT2D eigenvalue weighted by molar-refractivity contribution is -0.137. The fraction of sp³-hybridized carbons (Fsp3) is 0.385. The van der Waals surface area contributed by atoms with Crippen molar-refractivity contribution in [1.82, 2.24) is 0 Å². The zero-order valence-corrected chi connectivity index (χ0v) is 10.2. The number of carboxylic acids is 1. The number of hydrogen-bond donors (Lipinski definition) is 2. The van der Waals surface area contributed by atoms with Gasteiger partial charge in [-0.2, -0.15) is 0 Å². The molecule has 1 aromatic rings. The molecule has 98 valence electrons. The molecule has 18 heavy (non-hydrogen) atoms. The molecule has 0 aliphatic heterocycles. The fourth-order valence-corrected chi connectivity index (χ4v) is 1.51. The number of carbonyl (C=O) groups is 2. The predicted molar refractivity (Wildman–Crippen MR) is 65.9 cm³/mol. The summed E-state index contributed by atoms with van der Waals surface area (Å²) in [6.07, 6.45) is 1.16. The molecule has 0 aliphatic carbocycles. The highest BCUT2D eigenvalue weighted by Crippen LogP contribution is 2.16. The molecule has 5 heteroatoms. The molecule has 0 aliphatic rings. The summed E-state index contributed by atoms with van der Waals surface area (Å²) in [4.78, 5) is 21.8. The number of carboxylic acid groups (broad SMARTS) is 1. The number of carbonyl (C=O) groups excluding carboxylic acids is 1. The molecular formula is C13H16FNO3. The molecule has 4 nitrogen and oxygen atoms in total. The van der Waals surface area contributed by atoms with Crippen LogP contribution in [0.4, 0.5) is 10.1 Å². The number of benzene rings is 1. The van der Waals surface area contributed by atoms with Gasteiger partial charge in [0.2, 0.25) is 5.91 Å². The van der Waals surface area contributed by atoms with Gasteiger partial charge < -0.3 is 10.4 Å². The van der Waals surface area contributed by atoms with Crippen LogP contribution in [-0.2, 0) is 9.59 Å². The van der Waals surface area contributed by atoms with Crippen molar-refractivity contribution in [2.45, 2.75) is 32.6 Å². The van der Waals surface area contributed by atoms with E-state index in [0.29, 0.717) is 12.8 Å². The second kappa shape index (κ2) is 6.74. The molecule has 0 bridgehead atoms. The first kappa shape index (κ1) is 14.2. The Morgan fingerprint density at radius 3 is 2.61 bits per heavy atom. The van der Waals surface area contributed by atoms with Gasteiger partial charge in [-0.3, -0.25) is 9.59 Å². The Kier molecular flexibility index (Phi) is 5.30. The first-order valence-corrected chi connectivity index (χ1v) is 5.77. The summed E-state index contributed by atoms with van der Waals surface area (Å²) in [7, 11) is 0. The van der Waals surface area contributed by atoms with Crippen LogP contribution in [0.1, 0.15) is 31.2 Å². The second-order valence-electron chi connectivity index (χ2n) is 4.13. The Balaban J connectivity index is 2.40. The van der Waals surface area contributed by atoms with E-state index in [1.165, 1.54) is 6.07 Å². The average molecular weight is 253 g/mol. The lowest BCUT2D eigenvalue weighted by Gasteiger charge is -2.07. The van der Waals surface area contributed by atoms with E-state index in [-0.39, 0.29) is 24.4 Å². The van der Waals surface area contributed by atoms with Crippen LogP contribution in [0.5, 0.6) is 0 Å². The highest BCUT2D eigenvalue weighted by molar-refractivity contribution is 5.90. The van der Waals surface area contributed by atoms with Crippen LogP contribution in [-0.4, -0.2) is 17.0 Å². The summed E-state index contributed by atoms with van der Waals surface area (Å²) in [5, 5.41) is 10.9. The monoisotopic (exact) mass is 253 g/mol. The average Bonchev–Trinajstić information content (AvgIpc) is 2.29. The summed E-state index contributed by atoms with van der Waals surface area (Å²) < 4.78 is 13.3. The van der Waals surface area contributed by atoms with Gasteiger partial charge in [-0.1, -0.05) is 6.07 Å². The van der Waals surface area contributed by atoms with E-state index in [1.807, 2.05) is 6.92 Å². The Morgan fingerprint density at radius 2 is 1.94 bits per heavy atom. The van der Waals surface area contributed by atoms with Gasteiger partial charge in [-0.25, -0.2) is 4.39 Å². The van der Waals surface area contributed by atoms with Crippen LogP contribution in [0.2, 0.25) is 0 Å². The first-order valence-electron chi connectivity index (χ1n) is 5.77. The minimum Gasteiger partial charge on any atom is -0.481 e. The summed E-state index contributed by atoms with van der Waals surface area (Å²) in [6.45, 7) is 1.81. The van der Waals surface area contributed by atoms with E-state index < -0.39 is 11.8 Å². The molecule has 1 rings (SSSR count). The summed E-state index contributed by atoms with van der Waals surface area (Å²) >= 11 is 0. The molecule has 0 saturated carbocycles.